The minimum absolute atomic E-state index is 0.0879. The van der Waals surface area contributed by atoms with Crippen molar-refractivity contribution in [2.75, 3.05) is 0 Å². The lowest BCUT2D eigenvalue weighted by molar-refractivity contribution is -0.120. The Morgan fingerprint density at radius 1 is 1.16 bits per heavy atom. The number of benzene rings is 2. The lowest BCUT2D eigenvalue weighted by Gasteiger charge is -2.40. The molecule has 4 unspecified atom stereocenters. The molecule has 0 amide bonds. The molecule has 1 spiro atoms. The quantitative estimate of drug-likeness (QED) is 0.645. The first-order chi connectivity index (χ1) is 12.1. The van der Waals surface area contributed by atoms with E-state index < -0.39 is 0 Å². The van der Waals surface area contributed by atoms with Crippen LogP contribution in [0.2, 0.25) is 0 Å². The Morgan fingerprint density at radius 2 is 2.04 bits per heavy atom. The zero-order valence-electron chi connectivity index (χ0n) is 15.2. The Hall–Kier alpha value is -1.89. The molecule has 0 saturated heterocycles. The van der Waals surface area contributed by atoms with E-state index >= 15 is 0 Å². The van der Waals surface area contributed by atoms with E-state index in [1.165, 1.54) is 46.7 Å². The van der Waals surface area contributed by atoms with E-state index in [1.807, 2.05) is 0 Å². The van der Waals surface area contributed by atoms with Crippen LogP contribution in [0.3, 0.4) is 0 Å². The summed E-state index contributed by atoms with van der Waals surface area (Å²) in [5, 5.41) is 2.64. The van der Waals surface area contributed by atoms with Gasteiger partial charge in [-0.05, 0) is 64.5 Å². The van der Waals surface area contributed by atoms with Crippen LogP contribution in [0, 0.1) is 11.8 Å². The number of hydrogen-bond acceptors (Lipinski definition) is 1. The number of carbonyl (C=O) groups excluding carboxylic acids is 1. The predicted molar refractivity (Wildman–Crippen MR) is 103 cm³/mol. The first kappa shape index (κ1) is 15.4. The summed E-state index contributed by atoms with van der Waals surface area (Å²) in [4.78, 5) is 12.6. The van der Waals surface area contributed by atoms with E-state index in [4.69, 9.17) is 0 Å². The lowest BCUT2D eigenvalue weighted by Crippen LogP contribution is -2.38. The van der Waals surface area contributed by atoms with Gasteiger partial charge in [-0.15, -0.1) is 0 Å². The van der Waals surface area contributed by atoms with Crippen LogP contribution in [-0.4, -0.2) is 5.78 Å². The van der Waals surface area contributed by atoms with Crippen molar-refractivity contribution in [3.63, 3.8) is 0 Å². The van der Waals surface area contributed by atoms with Gasteiger partial charge in [0.25, 0.3) is 0 Å². The van der Waals surface area contributed by atoms with Gasteiger partial charge in [0.15, 0.2) is 0 Å². The summed E-state index contributed by atoms with van der Waals surface area (Å²) in [6.07, 6.45) is 9.75. The summed E-state index contributed by atoms with van der Waals surface area (Å²) < 4.78 is 0. The molecular formula is C24H26O. The fraction of sp³-hybridized carbons (Fsp3) is 0.458. The van der Waals surface area contributed by atoms with Crippen LogP contribution in [0.15, 0.2) is 42.5 Å². The van der Waals surface area contributed by atoms with Gasteiger partial charge in [0.1, 0.15) is 5.78 Å². The van der Waals surface area contributed by atoms with Crippen molar-refractivity contribution < 1.29 is 4.79 Å². The third-order valence-corrected chi connectivity index (χ3v) is 7.21. The zero-order chi connectivity index (χ0) is 17.2. The molecule has 2 aromatic rings. The molecule has 0 N–H and O–H groups in total. The Bertz CT molecular complexity index is 906. The normalized spacial score (nSPS) is 31.0. The van der Waals surface area contributed by atoms with Crippen LogP contribution in [0.1, 0.15) is 62.1 Å². The van der Waals surface area contributed by atoms with E-state index in [0.29, 0.717) is 30.0 Å². The Labute approximate surface area is 150 Å². The molecule has 0 aliphatic heterocycles. The first-order valence-electron chi connectivity index (χ1n) is 9.86. The Morgan fingerprint density at radius 3 is 2.76 bits per heavy atom. The second kappa shape index (κ2) is 5.30. The molecule has 128 valence electrons. The van der Waals surface area contributed by atoms with Gasteiger partial charge < -0.3 is 0 Å². The highest BCUT2D eigenvalue weighted by molar-refractivity contribution is 5.91. The van der Waals surface area contributed by atoms with Crippen molar-refractivity contribution in [3.05, 3.63) is 59.2 Å². The third kappa shape index (κ3) is 2.18. The largest absolute Gasteiger partial charge is 0.299 e. The van der Waals surface area contributed by atoms with Gasteiger partial charge in [-0.1, -0.05) is 56.3 Å². The summed E-state index contributed by atoms with van der Waals surface area (Å²) >= 11 is 0. The van der Waals surface area contributed by atoms with Crippen molar-refractivity contribution >= 4 is 16.6 Å². The van der Waals surface area contributed by atoms with Gasteiger partial charge in [0.2, 0.25) is 0 Å². The van der Waals surface area contributed by atoms with E-state index in [2.05, 4.69) is 56.3 Å². The average molecular weight is 330 g/mol. The second-order valence-electron chi connectivity index (χ2n) is 8.66. The molecule has 1 fully saturated rings. The van der Waals surface area contributed by atoms with Gasteiger partial charge in [-0.25, -0.2) is 0 Å². The van der Waals surface area contributed by atoms with Crippen molar-refractivity contribution in [3.8, 4) is 0 Å². The smallest absolute Gasteiger partial charge is 0.138 e. The van der Waals surface area contributed by atoms with Crippen molar-refractivity contribution in [1.29, 1.82) is 0 Å². The second-order valence-corrected chi connectivity index (χ2v) is 8.66. The number of allylic oxidation sites excluding steroid dienone is 2. The Kier molecular flexibility index (Phi) is 3.26. The molecule has 1 nitrogen and oxygen atoms in total. The fourth-order valence-electron chi connectivity index (χ4n) is 5.71. The zero-order valence-corrected chi connectivity index (χ0v) is 15.2. The molecular weight excluding hydrogens is 304 g/mol. The van der Waals surface area contributed by atoms with Gasteiger partial charge in [-0.3, -0.25) is 4.79 Å². The van der Waals surface area contributed by atoms with E-state index in [1.54, 1.807) is 0 Å². The van der Waals surface area contributed by atoms with Crippen molar-refractivity contribution in [1.82, 2.24) is 0 Å². The molecule has 0 radical (unpaired) electrons. The maximum atomic E-state index is 12.6. The van der Waals surface area contributed by atoms with Crippen LogP contribution >= 0.6 is 0 Å². The standard InChI is InChI=1S/C24H26O/c1-3-15(2)17-5-6-18-10-20-11-22(25)14-24(23(20)12-19(18)9-17)13-16-4-7-21(24)8-16/h4-7,9-10,12,15-16,21H,3,8,11,13-14H2,1-2H3. The van der Waals surface area contributed by atoms with Gasteiger partial charge in [-0.2, -0.15) is 0 Å². The average Bonchev–Trinajstić information content (AvgIpc) is 3.20. The van der Waals surface area contributed by atoms with Gasteiger partial charge in [0, 0.05) is 18.3 Å². The summed E-state index contributed by atoms with van der Waals surface area (Å²) in [7, 11) is 0. The molecule has 2 bridgehead atoms. The lowest BCUT2D eigenvalue weighted by atomic mass is 9.62. The highest BCUT2D eigenvalue weighted by Gasteiger charge is 2.52. The summed E-state index contributed by atoms with van der Waals surface area (Å²) in [6, 6.07) is 11.7. The molecule has 0 heterocycles. The summed E-state index contributed by atoms with van der Waals surface area (Å²) in [5.41, 5.74) is 4.30. The van der Waals surface area contributed by atoms with E-state index in [0.717, 1.165) is 6.42 Å². The minimum Gasteiger partial charge on any atom is -0.299 e. The van der Waals surface area contributed by atoms with Crippen LogP contribution in [0.5, 0.6) is 0 Å². The van der Waals surface area contributed by atoms with Gasteiger partial charge >= 0.3 is 0 Å². The SMILES string of the molecule is CCC(C)c1ccc2cc3c(cc2c1)C1(CC(=O)C3)CC2C=CC1C2. The maximum absolute atomic E-state index is 12.6. The first-order valence-corrected chi connectivity index (χ1v) is 9.86. The van der Waals surface area contributed by atoms with E-state index in [9.17, 15) is 4.79 Å². The summed E-state index contributed by atoms with van der Waals surface area (Å²) in [6.45, 7) is 4.56. The third-order valence-electron chi connectivity index (χ3n) is 7.21. The number of carbonyl (C=O) groups is 1. The molecule has 5 rings (SSSR count). The van der Waals surface area contributed by atoms with Crippen LogP contribution < -0.4 is 0 Å². The molecule has 2 aromatic carbocycles. The fourth-order valence-corrected chi connectivity index (χ4v) is 5.71. The van der Waals surface area contributed by atoms with Crippen molar-refractivity contribution in [2.45, 2.75) is 57.3 Å². The highest BCUT2D eigenvalue weighted by atomic mass is 16.1. The summed E-state index contributed by atoms with van der Waals surface area (Å²) in [5.74, 6) is 2.28. The van der Waals surface area contributed by atoms with Crippen LogP contribution in [0.4, 0.5) is 0 Å². The Balaban J connectivity index is 1.70. The molecule has 3 aliphatic carbocycles. The molecule has 4 atom stereocenters. The van der Waals surface area contributed by atoms with E-state index in [-0.39, 0.29) is 5.41 Å². The predicted octanol–water partition coefficient (Wildman–Crippen LogP) is 5.70. The number of ketones is 1. The van der Waals surface area contributed by atoms with Crippen LogP contribution in [0.25, 0.3) is 10.8 Å². The number of rotatable bonds is 2. The highest BCUT2D eigenvalue weighted by Crippen LogP contribution is 2.58. The van der Waals surface area contributed by atoms with Crippen molar-refractivity contribution in [2.24, 2.45) is 11.8 Å². The maximum Gasteiger partial charge on any atom is 0.138 e. The van der Waals surface area contributed by atoms with Gasteiger partial charge in [0.05, 0.1) is 0 Å². The number of fused-ring (bicyclic) bond motifs is 6. The number of Topliss-reactive ketones (excluding diaryl/α,β-unsaturated/α-hetero) is 1. The molecule has 0 aromatic heterocycles. The molecule has 1 heteroatoms. The minimum atomic E-state index is 0.0879. The number of hydrogen-bond donors (Lipinski definition) is 0. The van der Waals surface area contributed by atoms with Crippen LogP contribution in [-0.2, 0) is 16.6 Å². The molecule has 25 heavy (non-hydrogen) atoms. The topological polar surface area (TPSA) is 17.1 Å². The molecule has 3 aliphatic rings. The molecule has 1 saturated carbocycles. The monoisotopic (exact) mass is 330 g/mol.